The van der Waals surface area contributed by atoms with Crippen LogP contribution in [0.25, 0.3) is 122 Å². The molecule has 0 aliphatic carbocycles. The molecule has 13 aromatic rings. The van der Waals surface area contributed by atoms with Crippen molar-refractivity contribution in [1.29, 1.82) is 0 Å². The highest BCUT2D eigenvalue weighted by Gasteiger charge is 2.22. The van der Waals surface area contributed by atoms with Gasteiger partial charge in [0.15, 0.2) is 11.6 Å². The predicted molar refractivity (Wildman–Crippen MR) is 234 cm³/mol. The van der Waals surface area contributed by atoms with Crippen molar-refractivity contribution in [2.24, 2.45) is 0 Å². The summed E-state index contributed by atoms with van der Waals surface area (Å²) in [6.45, 7) is 0. The van der Waals surface area contributed by atoms with Gasteiger partial charge in [0.05, 0.1) is 22.1 Å². The molecular weight excluding hydrogens is 715 g/mol. The maximum Gasteiger partial charge on any atom is 0.238 e. The normalized spacial score (nSPS) is 12.1. The van der Waals surface area contributed by atoms with Crippen LogP contribution in [-0.4, -0.2) is 24.1 Å². The highest BCUT2D eigenvalue weighted by atomic mass is 16.3. The van der Waals surface area contributed by atoms with Gasteiger partial charge in [0.25, 0.3) is 0 Å². The SMILES string of the molecule is c1ccc(-n2c3ccccc3c3cc4c(cc32)c2ccccc2n4-c2nc(-c3ccc4c(c3)oc3ccccc34)nc(-c3ccc4c(c3)oc3ccccc34)n2)cc1. The van der Waals surface area contributed by atoms with Crippen LogP contribution in [0.2, 0.25) is 0 Å². The van der Waals surface area contributed by atoms with Crippen molar-refractivity contribution in [3.05, 3.63) is 176 Å². The molecule has 0 amide bonds. The summed E-state index contributed by atoms with van der Waals surface area (Å²) in [6, 6.07) is 61.0. The Bertz CT molecular complexity index is 3680. The molecule has 0 saturated carbocycles. The third-order valence-corrected chi connectivity index (χ3v) is 11.6. The average Bonchev–Trinajstić information content (AvgIpc) is 4.02. The average molecular weight is 744 g/mol. The third-order valence-electron chi connectivity index (χ3n) is 11.6. The first-order valence-electron chi connectivity index (χ1n) is 19.4. The highest BCUT2D eigenvalue weighted by molar-refractivity contribution is 6.19. The first kappa shape index (κ1) is 31.2. The quantitative estimate of drug-likeness (QED) is 0.179. The van der Waals surface area contributed by atoms with Crippen LogP contribution in [0.15, 0.2) is 185 Å². The van der Waals surface area contributed by atoms with E-state index in [1.807, 2.05) is 48.5 Å². The van der Waals surface area contributed by atoms with Crippen molar-refractivity contribution < 1.29 is 8.83 Å². The van der Waals surface area contributed by atoms with E-state index in [9.17, 15) is 0 Å². The number of nitrogens with zero attached hydrogens (tertiary/aromatic N) is 5. The topological polar surface area (TPSA) is 74.8 Å². The lowest BCUT2D eigenvalue weighted by atomic mass is 10.1. The second kappa shape index (κ2) is 11.7. The first-order valence-corrected chi connectivity index (χ1v) is 19.4. The maximum absolute atomic E-state index is 6.34. The molecular formula is C51H29N5O2. The summed E-state index contributed by atoms with van der Waals surface area (Å²) in [6.07, 6.45) is 0. The fraction of sp³-hybridized carbons (Fsp3) is 0. The molecule has 0 bridgehead atoms. The Balaban J connectivity index is 1.10. The lowest BCUT2D eigenvalue weighted by Gasteiger charge is -2.11. The molecule has 0 radical (unpaired) electrons. The van der Waals surface area contributed by atoms with E-state index < -0.39 is 0 Å². The predicted octanol–water partition coefficient (Wildman–Crippen LogP) is 13.2. The molecule has 0 aliphatic rings. The van der Waals surface area contributed by atoms with Crippen LogP contribution >= 0.6 is 0 Å². The minimum absolute atomic E-state index is 0.520. The molecule has 5 heterocycles. The van der Waals surface area contributed by atoms with Gasteiger partial charge in [0.1, 0.15) is 22.3 Å². The first-order chi connectivity index (χ1) is 28.7. The zero-order valence-corrected chi connectivity index (χ0v) is 30.8. The number of hydrogen-bond donors (Lipinski definition) is 0. The maximum atomic E-state index is 6.34. The van der Waals surface area contributed by atoms with Gasteiger partial charge in [-0.15, -0.1) is 0 Å². The minimum Gasteiger partial charge on any atom is -0.456 e. The van der Waals surface area contributed by atoms with E-state index in [1.54, 1.807) is 0 Å². The van der Waals surface area contributed by atoms with E-state index in [0.717, 1.165) is 98.9 Å². The fourth-order valence-electron chi connectivity index (χ4n) is 8.95. The van der Waals surface area contributed by atoms with E-state index in [1.165, 1.54) is 5.39 Å². The molecule has 5 aromatic heterocycles. The number of aromatic nitrogens is 5. The van der Waals surface area contributed by atoms with Crippen molar-refractivity contribution in [3.63, 3.8) is 0 Å². The molecule has 0 N–H and O–H groups in total. The summed E-state index contributed by atoms with van der Waals surface area (Å²) < 4.78 is 17.2. The lowest BCUT2D eigenvalue weighted by Crippen LogP contribution is -2.06. The Morgan fingerprint density at radius 3 is 1.33 bits per heavy atom. The Morgan fingerprint density at radius 1 is 0.310 bits per heavy atom. The lowest BCUT2D eigenvalue weighted by molar-refractivity contribution is 0.668. The summed E-state index contributed by atoms with van der Waals surface area (Å²) in [5.74, 6) is 1.60. The molecule has 0 saturated heterocycles. The van der Waals surface area contributed by atoms with Crippen LogP contribution in [0.3, 0.4) is 0 Å². The summed E-state index contributed by atoms with van der Waals surface area (Å²) in [5, 5.41) is 8.79. The van der Waals surface area contributed by atoms with Gasteiger partial charge in [-0.2, -0.15) is 9.97 Å². The third kappa shape index (κ3) is 4.46. The van der Waals surface area contributed by atoms with Gasteiger partial charge in [0, 0.05) is 59.9 Å². The van der Waals surface area contributed by atoms with Crippen molar-refractivity contribution in [2.45, 2.75) is 0 Å². The number of benzene rings is 8. The summed E-state index contributed by atoms with van der Waals surface area (Å²) in [7, 11) is 0. The fourth-order valence-corrected chi connectivity index (χ4v) is 8.95. The zero-order valence-electron chi connectivity index (χ0n) is 30.8. The van der Waals surface area contributed by atoms with Crippen molar-refractivity contribution in [3.8, 4) is 34.4 Å². The standard InChI is InChI=1S/C51H29N5O2/c1-2-12-32(13-3-1)55-41-18-8-4-14-33(41)39-29-44-40(28-43(39)55)34-15-5-9-19-42(34)56(44)51-53-49(30-22-24-37-35-16-6-10-20-45(35)57-47(37)26-30)52-50(54-51)31-23-25-38-36-17-7-11-21-46(36)58-48(38)27-31/h1-29H. The van der Waals surface area contributed by atoms with Crippen molar-refractivity contribution in [2.75, 3.05) is 0 Å². The summed E-state index contributed by atoms with van der Waals surface area (Å²) in [4.78, 5) is 15.8. The van der Waals surface area contributed by atoms with Crippen LogP contribution in [0.4, 0.5) is 0 Å². The molecule has 7 nitrogen and oxygen atoms in total. The van der Waals surface area contributed by atoms with Gasteiger partial charge < -0.3 is 13.4 Å². The van der Waals surface area contributed by atoms with Crippen LogP contribution in [0.1, 0.15) is 0 Å². The van der Waals surface area contributed by atoms with Gasteiger partial charge in [0.2, 0.25) is 5.95 Å². The van der Waals surface area contributed by atoms with E-state index in [-0.39, 0.29) is 0 Å². The molecule has 0 fully saturated rings. The Hall–Kier alpha value is -8.03. The number of fused-ring (bicyclic) bond motifs is 12. The molecule has 0 unspecified atom stereocenters. The van der Waals surface area contributed by atoms with E-state index in [2.05, 4.69) is 137 Å². The minimum atomic E-state index is 0.520. The Labute approximate surface area is 329 Å². The van der Waals surface area contributed by atoms with Crippen LogP contribution in [0.5, 0.6) is 0 Å². The van der Waals surface area contributed by atoms with Gasteiger partial charge in [-0.05, 0) is 72.8 Å². The molecule has 58 heavy (non-hydrogen) atoms. The van der Waals surface area contributed by atoms with E-state index in [0.29, 0.717) is 17.6 Å². The molecule has 0 spiro atoms. The molecule has 0 atom stereocenters. The Morgan fingerprint density at radius 2 is 0.759 bits per heavy atom. The number of rotatable bonds is 4. The van der Waals surface area contributed by atoms with Crippen molar-refractivity contribution in [1.82, 2.24) is 24.1 Å². The second-order valence-corrected chi connectivity index (χ2v) is 14.8. The second-order valence-electron chi connectivity index (χ2n) is 14.8. The number of para-hydroxylation sites is 5. The molecule has 0 aliphatic heterocycles. The van der Waals surface area contributed by atoms with Gasteiger partial charge in [-0.1, -0.05) is 103 Å². The van der Waals surface area contributed by atoms with Gasteiger partial charge in [-0.25, -0.2) is 4.98 Å². The smallest absolute Gasteiger partial charge is 0.238 e. The monoisotopic (exact) mass is 743 g/mol. The summed E-state index contributed by atoms with van der Waals surface area (Å²) in [5.41, 5.74) is 10.3. The van der Waals surface area contributed by atoms with Crippen LogP contribution in [0, 0.1) is 0 Å². The zero-order chi connectivity index (χ0) is 37.9. The van der Waals surface area contributed by atoms with Crippen LogP contribution in [-0.2, 0) is 0 Å². The number of hydrogen-bond acceptors (Lipinski definition) is 5. The van der Waals surface area contributed by atoms with Gasteiger partial charge in [-0.3, -0.25) is 4.57 Å². The van der Waals surface area contributed by atoms with E-state index >= 15 is 0 Å². The van der Waals surface area contributed by atoms with E-state index in [4.69, 9.17) is 23.8 Å². The Kier molecular flexibility index (Phi) is 6.32. The van der Waals surface area contributed by atoms with Crippen LogP contribution < -0.4 is 0 Å². The largest absolute Gasteiger partial charge is 0.456 e. The van der Waals surface area contributed by atoms with Gasteiger partial charge >= 0.3 is 0 Å². The molecule has 7 heteroatoms. The molecule has 13 rings (SSSR count). The highest BCUT2D eigenvalue weighted by Crippen LogP contribution is 2.40. The number of furan rings is 2. The summed E-state index contributed by atoms with van der Waals surface area (Å²) >= 11 is 0. The van der Waals surface area contributed by atoms with Crippen molar-refractivity contribution >= 4 is 87.5 Å². The molecule has 8 aromatic carbocycles. The molecule has 270 valence electrons.